The van der Waals surface area contributed by atoms with E-state index in [1.165, 1.54) is 17.9 Å². The van der Waals surface area contributed by atoms with Crippen molar-refractivity contribution in [3.8, 4) is 0 Å². The first-order valence-electron chi connectivity index (χ1n) is 5.80. The predicted molar refractivity (Wildman–Crippen MR) is 71.2 cm³/mol. The standard InChI is InChI=1S/C12H20N2O4S/c1-8-10(19(13,16)17)6-9(18-8)11(15)14(5)7-12(2,3)4/h6H,7H2,1-5H3,(H2,13,16,17). The van der Waals surface area contributed by atoms with Crippen LogP contribution in [-0.2, 0) is 10.0 Å². The average molecular weight is 288 g/mol. The van der Waals surface area contributed by atoms with Crippen LogP contribution in [0.25, 0.3) is 0 Å². The van der Waals surface area contributed by atoms with Crippen molar-refractivity contribution >= 4 is 15.9 Å². The Morgan fingerprint density at radius 2 is 1.95 bits per heavy atom. The molecule has 1 aromatic rings. The van der Waals surface area contributed by atoms with Gasteiger partial charge in [0.2, 0.25) is 10.0 Å². The summed E-state index contributed by atoms with van der Waals surface area (Å²) in [7, 11) is -2.23. The summed E-state index contributed by atoms with van der Waals surface area (Å²) in [6.07, 6.45) is 0. The van der Waals surface area contributed by atoms with Crippen LogP contribution < -0.4 is 5.14 Å². The largest absolute Gasteiger partial charge is 0.455 e. The van der Waals surface area contributed by atoms with Gasteiger partial charge in [-0.15, -0.1) is 0 Å². The van der Waals surface area contributed by atoms with Gasteiger partial charge in [-0.2, -0.15) is 0 Å². The zero-order valence-electron chi connectivity index (χ0n) is 11.9. The number of nitrogens with two attached hydrogens (primary N) is 1. The van der Waals surface area contributed by atoms with Crippen molar-refractivity contribution < 1.29 is 17.6 Å². The Balaban J connectivity index is 3.03. The molecule has 2 N–H and O–H groups in total. The first kappa shape index (κ1) is 15.7. The molecule has 108 valence electrons. The number of hydrogen-bond acceptors (Lipinski definition) is 4. The molecular formula is C12H20N2O4S. The van der Waals surface area contributed by atoms with E-state index in [1.807, 2.05) is 20.8 Å². The van der Waals surface area contributed by atoms with E-state index in [0.29, 0.717) is 6.54 Å². The zero-order valence-corrected chi connectivity index (χ0v) is 12.7. The van der Waals surface area contributed by atoms with Gasteiger partial charge in [-0.05, 0) is 12.3 Å². The van der Waals surface area contributed by atoms with E-state index in [1.54, 1.807) is 7.05 Å². The molecule has 0 aliphatic carbocycles. The zero-order chi connectivity index (χ0) is 15.0. The van der Waals surface area contributed by atoms with E-state index in [0.717, 1.165) is 0 Å². The van der Waals surface area contributed by atoms with Gasteiger partial charge in [-0.3, -0.25) is 4.79 Å². The van der Waals surface area contributed by atoms with Crippen molar-refractivity contribution in [3.05, 3.63) is 17.6 Å². The predicted octanol–water partition coefficient (Wildman–Crippen LogP) is 1.35. The molecule has 0 atom stereocenters. The van der Waals surface area contributed by atoms with E-state index >= 15 is 0 Å². The molecule has 0 radical (unpaired) electrons. The van der Waals surface area contributed by atoms with Crippen LogP contribution in [0.3, 0.4) is 0 Å². The third-order valence-electron chi connectivity index (χ3n) is 2.45. The van der Waals surface area contributed by atoms with Gasteiger partial charge in [-0.25, -0.2) is 13.6 Å². The number of carbonyl (C=O) groups is 1. The topological polar surface area (TPSA) is 93.6 Å². The number of rotatable bonds is 3. The molecule has 0 saturated carbocycles. The highest BCUT2D eigenvalue weighted by molar-refractivity contribution is 7.89. The Bertz CT molecular complexity index is 581. The molecule has 0 aliphatic heterocycles. The molecule has 0 saturated heterocycles. The molecule has 1 aromatic heterocycles. The van der Waals surface area contributed by atoms with Crippen molar-refractivity contribution in [2.75, 3.05) is 13.6 Å². The van der Waals surface area contributed by atoms with Crippen LogP contribution in [0.1, 0.15) is 37.1 Å². The molecule has 1 heterocycles. The molecule has 0 fully saturated rings. The van der Waals surface area contributed by atoms with Gasteiger partial charge in [-0.1, -0.05) is 20.8 Å². The van der Waals surface area contributed by atoms with Crippen LogP contribution in [0.2, 0.25) is 0 Å². The minimum absolute atomic E-state index is 0.0201. The van der Waals surface area contributed by atoms with Gasteiger partial charge in [0.05, 0.1) is 0 Å². The Morgan fingerprint density at radius 1 is 1.42 bits per heavy atom. The molecule has 0 aromatic carbocycles. The lowest BCUT2D eigenvalue weighted by Crippen LogP contribution is -2.34. The number of nitrogens with zero attached hydrogens (tertiary/aromatic N) is 1. The number of amides is 1. The summed E-state index contributed by atoms with van der Waals surface area (Å²) in [6.45, 7) is 7.98. The number of sulfonamides is 1. The van der Waals surface area contributed by atoms with E-state index in [2.05, 4.69) is 0 Å². The minimum atomic E-state index is -3.87. The van der Waals surface area contributed by atoms with E-state index in [-0.39, 0.29) is 27.7 Å². The Kier molecular flexibility index (Phi) is 4.11. The molecule has 0 spiro atoms. The molecule has 0 unspecified atom stereocenters. The molecule has 7 heteroatoms. The lowest BCUT2D eigenvalue weighted by atomic mass is 9.96. The molecule has 0 bridgehead atoms. The van der Waals surface area contributed by atoms with E-state index < -0.39 is 10.0 Å². The highest BCUT2D eigenvalue weighted by atomic mass is 32.2. The summed E-state index contributed by atoms with van der Waals surface area (Å²) in [6, 6.07) is 1.17. The van der Waals surface area contributed by atoms with Gasteiger partial charge >= 0.3 is 0 Å². The Labute approximate surface area is 113 Å². The number of hydrogen-bond donors (Lipinski definition) is 1. The fourth-order valence-corrected chi connectivity index (χ4v) is 2.54. The van der Waals surface area contributed by atoms with Crippen LogP contribution in [0.15, 0.2) is 15.4 Å². The highest BCUT2D eigenvalue weighted by Gasteiger charge is 2.25. The van der Waals surface area contributed by atoms with Crippen molar-refractivity contribution in [2.45, 2.75) is 32.6 Å². The monoisotopic (exact) mass is 288 g/mol. The van der Waals surface area contributed by atoms with Gasteiger partial charge in [0, 0.05) is 19.7 Å². The van der Waals surface area contributed by atoms with Crippen molar-refractivity contribution in [1.29, 1.82) is 0 Å². The highest BCUT2D eigenvalue weighted by Crippen LogP contribution is 2.21. The normalized spacial score (nSPS) is 12.5. The van der Waals surface area contributed by atoms with Gasteiger partial charge in [0.15, 0.2) is 5.76 Å². The summed E-state index contributed by atoms with van der Waals surface area (Å²) >= 11 is 0. The summed E-state index contributed by atoms with van der Waals surface area (Å²) < 4.78 is 27.8. The Morgan fingerprint density at radius 3 is 2.32 bits per heavy atom. The molecule has 1 amide bonds. The van der Waals surface area contributed by atoms with E-state index in [4.69, 9.17) is 9.56 Å². The number of aryl methyl sites for hydroxylation is 1. The van der Waals surface area contributed by atoms with Crippen LogP contribution in [-0.4, -0.2) is 32.8 Å². The van der Waals surface area contributed by atoms with Crippen LogP contribution in [0.4, 0.5) is 0 Å². The summed E-state index contributed by atoms with van der Waals surface area (Å²) in [5, 5.41) is 5.04. The van der Waals surface area contributed by atoms with Crippen molar-refractivity contribution in [1.82, 2.24) is 4.90 Å². The summed E-state index contributed by atoms with van der Waals surface area (Å²) in [4.78, 5) is 13.4. The number of carbonyl (C=O) groups excluding carboxylic acids is 1. The van der Waals surface area contributed by atoms with Crippen LogP contribution >= 0.6 is 0 Å². The van der Waals surface area contributed by atoms with E-state index in [9.17, 15) is 13.2 Å². The summed E-state index contributed by atoms with van der Waals surface area (Å²) in [5.74, 6) is -0.267. The van der Waals surface area contributed by atoms with Crippen molar-refractivity contribution in [2.24, 2.45) is 10.6 Å². The number of primary sulfonamides is 1. The maximum absolute atomic E-state index is 12.1. The first-order chi connectivity index (χ1) is 8.42. The minimum Gasteiger partial charge on any atom is -0.455 e. The number of furan rings is 1. The fourth-order valence-electron chi connectivity index (χ4n) is 1.82. The molecule has 6 nitrogen and oxygen atoms in total. The van der Waals surface area contributed by atoms with Crippen LogP contribution in [0, 0.1) is 12.3 Å². The molecule has 1 rings (SSSR count). The quantitative estimate of drug-likeness (QED) is 0.908. The Hall–Kier alpha value is -1.34. The van der Waals surface area contributed by atoms with Gasteiger partial charge < -0.3 is 9.32 Å². The third kappa shape index (κ3) is 4.07. The molecule has 19 heavy (non-hydrogen) atoms. The maximum atomic E-state index is 12.1. The SMILES string of the molecule is Cc1oc(C(=O)N(C)CC(C)(C)C)cc1S(N)(=O)=O. The lowest BCUT2D eigenvalue weighted by Gasteiger charge is -2.25. The summed E-state index contributed by atoms with van der Waals surface area (Å²) in [5.41, 5.74) is -0.0607. The maximum Gasteiger partial charge on any atom is 0.289 e. The average Bonchev–Trinajstić information content (AvgIpc) is 2.55. The van der Waals surface area contributed by atoms with Gasteiger partial charge in [0.25, 0.3) is 5.91 Å². The first-order valence-corrected chi connectivity index (χ1v) is 7.35. The van der Waals surface area contributed by atoms with Gasteiger partial charge in [0.1, 0.15) is 10.7 Å². The smallest absolute Gasteiger partial charge is 0.289 e. The fraction of sp³-hybridized carbons (Fsp3) is 0.583. The molecule has 0 aliphatic rings. The van der Waals surface area contributed by atoms with Crippen LogP contribution in [0.5, 0.6) is 0 Å². The second-order valence-corrected chi connectivity index (χ2v) is 7.33. The third-order valence-corrected chi connectivity index (χ3v) is 3.47. The second kappa shape index (κ2) is 4.97. The molecular weight excluding hydrogens is 268 g/mol. The lowest BCUT2D eigenvalue weighted by molar-refractivity contribution is 0.0712. The van der Waals surface area contributed by atoms with Crippen molar-refractivity contribution in [3.63, 3.8) is 0 Å². The second-order valence-electron chi connectivity index (χ2n) is 5.80.